The Morgan fingerprint density at radius 2 is 1.79 bits per heavy atom. The largest absolute Gasteiger partial charge is 0.370 e. The maximum absolute atomic E-state index is 13.2. The third kappa shape index (κ3) is 3.71. The van der Waals surface area contributed by atoms with Crippen LogP contribution in [-0.2, 0) is 11.3 Å². The first-order chi connectivity index (χ1) is 14.2. The van der Waals surface area contributed by atoms with Gasteiger partial charge in [0, 0.05) is 37.8 Å². The smallest absolute Gasteiger partial charge is 0.242 e. The number of fused-ring (bicyclic) bond motifs is 1. The van der Waals surface area contributed by atoms with Crippen molar-refractivity contribution in [2.24, 2.45) is 0 Å². The van der Waals surface area contributed by atoms with Crippen LogP contribution in [0.3, 0.4) is 0 Å². The van der Waals surface area contributed by atoms with E-state index in [4.69, 9.17) is 4.98 Å². The summed E-state index contributed by atoms with van der Waals surface area (Å²) in [5.41, 5.74) is 3.03. The number of halogens is 1. The molecule has 1 saturated carbocycles. The Bertz CT molecular complexity index is 1030. The average molecular weight is 392 g/mol. The van der Waals surface area contributed by atoms with E-state index in [1.807, 2.05) is 35.2 Å². The Morgan fingerprint density at radius 1 is 1.00 bits per heavy atom. The van der Waals surface area contributed by atoms with E-state index in [0.29, 0.717) is 19.0 Å². The third-order valence-corrected chi connectivity index (χ3v) is 5.96. The van der Waals surface area contributed by atoms with Crippen molar-refractivity contribution in [3.05, 3.63) is 60.2 Å². The molecule has 150 valence electrons. The monoisotopic (exact) mass is 392 g/mol. The second kappa shape index (κ2) is 7.50. The molecule has 0 N–H and O–H groups in total. The lowest BCUT2D eigenvalue weighted by Gasteiger charge is -2.24. The highest BCUT2D eigenvalue weighted by Crippen LogP contribution is 2.40. The van der Waals surface area contributed by atoms with Crippen LogP contribution in [-0.4, -0.2) is 46.5 Å². The van der Waals surface area contributed by atoms with E-state index in [1.165, 1.54) is 12.1 Å². The number of hydrogen-bond donors (Lipinski definition) is 0. The molecule has 0 atom stereocenters. The van der Waals surface area contributed by atoms with Crippen molar-refractivity contribution in [1.82, 2.24) is 14.5 Å². The van der Waals surface area contributed by atoms with Crippen LogP contribution >= 0.6 is 0 Å². The van der Waals surface area contributed by atoms with Gasteiger partial charge in [-0.15, -0.1) is 0 Å². The van der Waals surface area contributed by atoms with Crippen LogP contribution in [0.1, 0.15) is 31.0 Å². The van der Waals surface area contributed by atoms with Crippen molar-refractivity contribution in [1.29, 1.82) is 0 Å². The zero-order chi connectivity index (χ0) is 19.8. The fourth-order valence-electron chi connectivity index (χ4n) is 4.23. The van der Waals surface area contributed by atoms with Gasteiger partial charge < -0.3 is 14.4 Å². The SMILES string of the molecule is O=C(Cn1c(C2CC2)nc2ccccc21)N1CCCN(c2ccc(F)cc2)CC1. The van der Waals surface area contributed by atoms with Crippen LogP contribution in [0.4, 0.5) is 10.1 Å². The minimum Gasteiger partial charge on any atom is -0.370 e. The summed E-state index contributed by atoms with van der Waals surface area (Å²) in [5.74, 6) is 1.48. The number of benzene rings is 2. The number of carbonyl (C=O) groups excluding carboxylic acids is 1. The van der Waals surface area contributed by atoms with Crippen LogP contribution < -0.4 is 4.90 Å². The topological polar surface area (TPSA) is 41.4 Å². The van der Waals surface area contributed by atoms with E-state index in [1.54, 1.807) is 0 Å². The van der Waals surface area contributed by atoms with Gasteiger partial charge in [-0.2, -0.15) is 0 Å². The van der Waals surface area contributed by atoms with Crippen molar-refractivity contribution in [2.45, 2.75) is 31.7 Å². The molecule has 2 aromatic carbocycles. The van der Waals surface area contributed by atoms with Gasteiger partial charge in [0.2, 0.25) is 5.91 Å². The molecule has 0 spiro atoms. The van der Waals surface area contributed by atoms with Crippen LogP contribution in [0, 0.1) is 5.82 Å². The molecule has 3 aromatic rings. The summed E-state index contributed by atoms with van der Waals surface area (Å²) in [7, 11) is 0. The maximum Gasteiger partial charge on any atom is 0.242 e. The highest BCUT2D eigenvalue weighted by atomic mass is 19.1. The second-order valence-electron chi connectivity index (χ2n) is 8.02. The quantitative estimate of drug-likeness (QED) is 0.678. The Morgan fingerprint density at radius 3 is 2.59 bits per heavy atom. The molecule has 2 fully saturated rings. The molecule has 1 aromatic heterocycles. The number of hydrogen-bond acceptors (Lipinski definition) is 3. The number of aromatic nitrogens is 2. The first-order valence-electron chi connectivity index (χ1n) is 10.4. The van der Waals surface area contributed by atoms with E-state index in [9.17, 15) is 9.18 Å². The molecule has 0 unspecified atom stereocenters. The Balaban J connectivity index is 1.31. The molecule has 29 heavy (non-hydrogen) atoms. The van der Waals surface area contributed by atoms with Crippen molar-refractivity contribution in [2.75, 3.05) is 31.1 Å². The van der Waals surface area contributed by atoms with Gasteiger partial charge in [-0.3, -0.25) is 4.79 Å². The molecular formula is C23H25FN4O. The predicted molar refractivity (Wildman–Crippen MR) is 112 cm³/mol. The number of amides is 1. The summed E-state index contributed by atoms with van der Waals surface area (Å²) < 4.78 is 15.3. The van der Waals surface area contributed by atoms with Crippen molar-refractivity contribution in [3.63, 3.8) is 0 Å². The van der Waals surface area contributed by atoms with E-state index in [0.717, 1.165) is 61.4 Å². The lowest BCUT2D eigenvalue weighted by molar-refractivity contribution is -0.131. The normalized spacial score (nSPS) is 17.6. The number of para-hydroxylation sites is 2. The summed E-state index contributed by atoms with van der Waals surface area (Å²) in [4.78, 5) is 22.2. The van der Waals surface area contributed by atoms with Gasteiger partial charge in [0.1, 0.15) is 18.2 Å². The number of nitrogens with zero attached hydrogens (tertiary/aromatic N) is 4. The zero-order valence-corrected chi connectivity index (χ0v) is 16.4. The molecule has 2 aliphatic rings. The van der Waals surface area contributed by atoms with E-state index >= 15 is 0 Å². The summed E-state index contributed by atoms with van der Waals surface area (Å²) in [6.07, 6.45) is 3.23. The Kier molecular flexibility index (Phi) is 4.70. The van der Waals surface area contributed by atoms with E-state index in [-0.39, 0.29) is 11.7 Å². The molecule has 5 rings (SSSR count). The predicted octanol–water partition coefficient (Wildman–Crippen LogP) is 3.79. The third-order valence-electron chi connectivity index (χ3n) is 5.96. The fourth-order valence-corrected chi connectivity index (χ4v) is 4.23. The molecule has 0 radical (unpaired) electrons. The lowest BCUT2D eigenvalue weighted by Crippen LogP contribution is -2.37. The standard InChI is InChI=1S/C23H25FN4O/c24-18-8-10-19(11-9-18)26-12-3-13-27(15-14-26)22(29)16-28-21-5-2-1-4-20(21)25-23(28)17-6-7-17/h1-2,4-5,8-11,17H,3,6-7,12-16H2. The van der Waals surface area contributed by atoms with Crippen molar-refractivity contribution < 1.29 is 9.18 Å². The summed E-state index contributed by atoms with van der Waals surface area (Å²) in [6.45, 7) is 3.42. The number of carbonyl (C=O) groups is 1. The fraction of sp³-hybridized carbons (Fsp3) is 0.391. The maximum atomic E-state index is 13.2. The van der Waals surface area contributed by atoms with Gasteiger partial charge >= 0.3 is 0 Å². The van der Waals surface area contributed by atoms with E-state index < -0.39 is 0 Å². The second-order valence-corrected chi connectivity index (χ2v) is 8.02. The van der Waals surface area contributed by atoms with Gasteiger partial charge in [-0.25, -0.2) is 9.37 Å². The van der Waals surface area contributed by atoms with Gasteiger partial charge in [0.05, 0.1) is 11.0 Å². The first kappa shape index (κ1) is 18.2. The molecule has 6 heteroatoms. The van der Waals surface area contributed by atoms with Crippen molar-refractivity contribution >= 4 is 22.6 Å². The van der Waals surface area contributed by atoms with Crippen LogP contribution in [0.2, 0.25) is 0 Å². The molecular weight excluding hydrogens is 367 g/mol. The van der Waals surface area contributed by atoms with Gasteiger partial charge in [0.15, 0.2) is 0 Å². The van der Waals surface area contributed by atoms with Gasteiger partial charge in [-0.1, -0.05) is 12.1 Å². The average Bonchev–Trinajstić information content (AvgIpc) is 3.55. The molecule has 1 aliphatic heterocycles. The highest BCUT2D eigenvalue weighted by Gasteiger charge is 2.31. The van der Waals surface area contributed by atoms with Gasteiger partial charge in [0.25, 0.3) is 0 Å². The molecule has 5 nitrogen and oxygen atoms in total. The number of imidazole rings is 1. The Labute approximate surface area is 169 Å². The summed E-state index contributed by atoms with van der Waals surface area (Å²) in [6, 6.07) is 14.7. The minimum absolute atomic E-state index is 0.149. The summed E-state index contributed by atoms with van der Waals surface area (Å²) >= 11 is 0. The van der Waals surface area contributed by atoms with Crippen LogP contribution in [0.25, 0.3) is 11.0 Å². The molecule has 1 aliphatic carbocycles. The van der Waals surface area contributed by atoms with Crippen molar-refractivity contribution in [3.8, 4) is 0 Å². The zero-order valence-electron chi connectivity index (χ0n) is 16.4. The molecule has 1 amide bonds. The lowest BCUT2D eigenvalue weighted by atomic mass is 10.2. The summed E-state index contributed by atoms with van der Waals surface area (Å²) in [5, 5.41) is 0. The number of anilines is 1. The highest BCUT2D eigenvalue weighted by molar-refractivity contribution is 5.81. The Hall–Kier alpha value is -2.89. The van der Waals surface area contributed by atoms with E-state index in [2.05, 4.69) is 15.5 Å². The molecule has 0 bridgehead atoms. The van der Waals surface area contributed by atoms with Gasteiger partial charge in [-0.05, 0) is 55.7 Å². The number of rotatable bonds is 4. The van der Waals surface area contributed by atoms with Crippen LogP contribution in [0.5, 0.6) is 0 Å². The first-order valence-corrected chi connectivity index (χ1v) is 10.4. The molecule has 1 saturated heterocycles. The minimum atomic E-state index is -0.223. The molecule has 2 heterocycles. The van der Waals surface area contributed by atoms with Crippen LogP contribution in [0.15, 0.2) is 48.5 Å².